The molecule has 1 saturated heterocycles. The van der Waals surface area contributed by atoms with Gasteiger partial charge in [-0.3, -0.25) is 9.69 Å². The van der Waals surface area contributed by atoms with E-state index < -0.39 is 0 Å². The van der Waals surface area contributed by atoms with Gasteiger partial charge in [-0.1, -0.05) is 19.1 Å². The number of rotatable bonds is 5. The van der Waals surface area contributed by atoms with Crippen molar-refractivity contribution in [3.05, 3.63) is 46.7 Å². The van der Waals surface area contributed by atoms with Gasteiger partial charge in [0.05, 0.1) is 12.1 Å². The predicted molar refractivity (Wildman–Crippen MR) is 94.5 cm³/mol. The Kier molecular flexibility index (Phi) is 5.58. The zero-order valence-corrected chi connectivity index (χ0v) is 14.6. The van der Waals surface area contributed by atoms with Crippen molar-refractivity contribution in [3.8, 4) is 0 Å². The van der Waals surface area contributed by atoms with E-state index in [0.29, 0.717) is 10.7 Å². The molecular weight excluding hydrogens is 325 g/mol. The van der Waals surface area contributed by atoms with Gasteiger partial charge in [-0.2, -0.15) is 0 Å². The van der Waals surface area contributed by atoms with Crippen molar-refractivity contribution >= 4 is 22.4 Å². The fourth-order valence-electron chi connectivity index (χ4n) is 3.09. The van der Waals surface area contributed by atoms with Gasteiger partial charge in [0.2, 0.25) is 5.91 Å². The van der Waals surface area contributed by atoms with Gasteiger partial charge in [0.1, 0.15) is 5.82 Å². The van der Waals surface area contributed by atoms with Crippen LogP contribution < -0.4 is 5.32 Å². The van der Waals surface area contributed by atoms with Crippen molar-refractivity contribution in [2.24, 2.45) is 5.92 Å². The van der Waals surface area contributed by atoms with Gasteiger partial charge in [0.15, 0.2) is 5.13 Å². The van der Waals surface area contributed by atoms with E-state index in [9.17, 15) is 9.18 Å². The summed E-state index contributed by atoms with van der Waals surface area (Å²) in [4.78, 5) is 19.0. The fraction of sp³-hybridized carbons (Fsp3) is 0.444. The van der Waals surface area contributed by atoms with E-state index in [1.54, 1.807) is 12.1 Å². The first kappa shape index (κ1) is 17.0. The molecule has 0 saturated carbocycles. The third-order valence-electron chi connectivity index (χ3n) is 4.18. The van der Waals surface area contributed by atoms with Crippen molar-refractivity contribution < 1.29 is 9.18 Å². The fourth-order valence-corrected chi connectivity index (χ4v) is 3.81. The molecule has 24 heavy (non-hydrogen) atoms. The highest BCUT2D eigenvalue weighted by Crippen LogP contribution is 2.21. The molecule has 2 aromatic rings. The molecule has 3 rings (SSSR count). The Hall–Kier alpha value is -1.79. The van der Waals surface area contributed by atoms with E-state index >= 15 is 0 Å². The number of nitrogens with one attached hydrogen (secondary N) is 1. The van der Waals surface area contributed by atoms with Crippen LogP contribution in [0.2, 0.25) is 0 Å². The molecule has 1 aliphatic rings. The van der Waals surface area contributed by atoms with E-state index in [1.165, 1.54) is 36.3 Å². The number of aromatic nitrogens is 1. The van der Waals surface area contributed by atoms with Gasteiger partial charge >= 0.3 is 0 Å². The van der Waals surface area contributed by atoms with Crippen LogP contribution in [0.5, 0.6) is 0 Å². The van der Waals surface area contributed by atoms with Crippen LogP contribution >= 0.6 is 11.3 Å². The van der Waals surface area contributed by atoms with Crippen molar-refractivity contribution in [3.63, 3.8) is 0 Å². The number of amides is 1. The van der Waals surface area contributed by atoms with Crippen LogP contribution in [-0.2, 0) is 17.8 Å². The largest absolute Gasteiger partial charge is 0.302 e. The summed E-state index contributed by atoms with van der Waals surface area (Å²) in [5.74, 6) is 0.239. The summed E-state index contributed by atoms with van der Waals surface area (Å²) in [5, 5.41) is 5.41. The number of likely N-dealkylation sites (tertiary alicyclic amines) is 1. The zero-order valence-electron chi connectivity index (χ0n) is 13.8. The summed E-state index contributed by atoms with van der Waals surface area (Å²) in [6.45, 7) is 5.34. The highest BCUT2D eigenvalue weighted by molar-refractivity contribution is 7.13. The standard InChI is InChI=1S/C18H22FN3OS/c1-13-4-3-7-22(10-13)11-16-12-24-18(20-16)21-17(23)9-14-5-2-6-15(19)8-14/h2,5-6,8,12-13H,3-4,7,9-11H2,1H3,(H,20,21,23). The molecule has 1 amide bonds. The lowest BCUT2D eigenvalue weighted by Crippen LogP contribution is -2.33. The number of benzene rings is 1. The van der Waals surface area contributed by atoms with Crippen LogP contribution in [0.4, 0.5) is 9.52 Å². The minimum atomic E-state index is -0.326. The lowest BCUT2D eigenvalue weighted by Gasteiger charge is -2.30. The lowest BCUT2D eigenvalue weighted by atomic mass is 10.0. The highest BCUT2D eigenvalue weighted by atomic mass is 32.1. The zero-order chi connectivity index (χ0) is 16.9. The minimum Gasteiger partial charge on any atom is -0.302 e. The van der Waals surface area contributed by atoms with Gasteiger partial charge in [-0.15, -0.1) is 11.3 Å². The number of carbonyl (C=O) groups excluding carboxylic acids is 1. The molecule has 6 heteroatoms. The van der Waals surface area contributed by atoms with E-state index in [0.717, 1.165) is 31.2 Å². The number of carbonyl (C=O) groups is 1. The summed E-state index contributed by atoms with van der Waals surface area (Å²) in [6, 6.07) is 6.10. The van der Waals surface area contributed by atoms with Crippen molar-refractivity contribution in [1.82, 2.24) is 9.88 Å². The average Bonchev–Trinajstić information content (AvgIpc) is 2.94. The monoisotopic (exact) mass is 347 g/mol. The van der Waals surface area contributed by atoms with Crippen molar-refractivity contribution in [2.75, 3.05) is 18.4 Å². The quantitative estimate of drug-likeness (QED) is 0.897. The molecule has 0 bridgehead atoms. The molecule has 0 spiro atoms. The molecule has 1 fully saturated rings. The second kappa shape index (κ2) is 7.85. The van der Waals surface area contributed by atoms with Gasteiger partial charge in [-0.05, 0) is 43.0 Å². The SMILES string of the molecule is CC1CCCN(Cc2csc(NC(=O)Cc3cccc(F)c3)n2)C1. The second-order valence-electron chi connectivity index (χ2n) is 6.48. The van der Waals surface area contributed by atoms with Crippen LogP contribution in [0.15, 0.2) is 29.6 Å². The summed E-state index contributed by atoms with van der Waals surface area (Å²) in [5.41, 5.74) is 1.65. The molecular formula is C18H22FN3OS. The number of hydrogen-bond donors (Lipinski definition) is 1. The maximum atomic E-state index is 13.2. The summed E-state index contributed by atoms with van der Waals surface area (Å²) in [6.07, 6.45) is 2.69. The smallest absolute Gasteiger partial charge is 0.230 e. The first-order valence-electron chi connectivity index (χ1n) is 8.29. The minimum absolute atomic E-state index is 0.149. The number of hydrogen-bond acceptors (Lipinski definition) is 4. The van der Waals surface area contributed by atoms with Gasteiger partial charge < -0.3 is 5.32 Å². The van der Waals surface area contributed by atoms with E-state index in [-0.39, 0.29) is 18.1 Å². The summed E-state index contributed by atoms with van der Waals surface area (Å²) < 4.78 is 13.2. The Morgan fingerprint density at radius 3 is 3.17 bits per heavy atom. The molecule has 1 aromatic heterocycles. The molecule has 1 N–H and O–H groups in total. The first-order valence-corrected chi connectivity index (χ1v) is 9.17. The van der Waals surface area contributed by atoms with Gasteiger partial charge in [-0.25, -0.2) is 9.37 Å². The molecule has 1 atom stereocenters. The maximum absolute atomic E-state index is 13.2. The van der Waals surface area contributed by atoms with Crippen molar-refractivity contribution in [1.29, 1.82) is 0 Å². The molecule has 0 aliphatic carbocycles. The average molecular weight is 347 g/mol. The van der Waals surface area contributed by atoms with Gasteiger partial charge in [0.25, 0.3) is 0 Å². The first-order chi connectivity index (χ1) is 11.6. The predicted octanol–water partition coefficient (Wildman–Crippen LogP) is 3.70. The third-order valence-corrected chi connectivity index (χ3v) is 4.99. The number of nitrogens with zero attached hydrogens (tertiary/aromatic N) is 2. The molecule has 0 radical (unpaired) electrons. The Morgan fingerprint density at radius 1 is 1.50 bits per heavy atom. The number of thiazole rings is 1. The molecule has 4 nitrogen and oxygen atoms in total. The van der Waals surface area contributed by atoms with Crippen LogP contribution in [0.1, 0.15) is 31.0 Å². The van der Waals surface area contributed by atoms with Crippen LogP contribution in [-0.4, -0.2) is 28.9 Å². The van der Waals surface area contributed by atoms with Crippen LogP contribution in [0.25, 0.3) is 0 Å². The topological polar surface area (TPSA) is 45.2 Å². The molecule has 1 unspecified atom stereocenters. The Bertz CT molecular complexity index is 703. The Morgan fingerprint density at radius 2 is 2.38 bits per heavy atom. The van der Waals surface area contributed by atoms with Crippen LogP contribution in [0, 0.1) is 11.7 Å². The Balaban J connectivity index is 1.52. The highest BCUT2D eigenvalue weighted by Gasteiger charge is 2.17. The third kappa shape index (κ3) is 4.85. The van der Waals surface area contributed by atoms with E-state index in [2.05, 4.69) is 22.1 Å². The second-order valence-corrected chi connectivity index (χ2v) is 7.34. The molecule has 1 aromatic carbocycles. The lowest BCUT2D eigenvalue weighted by molar-refractivity contribution is -0.115. The Labute approximate surface area is 145 Å². The summed E-state index contributed by atoms with van der Waals surface area (Å²) >= 11 is 1.44. The maximum Gasteiger partial charge on any atom is 0.230 e. The normalized spacial score (nSPS) is 18.5. The van der Waals surface area contributed by atoms with Crippen molar-refractivity contribution in [2.45, 2.75) is 32.7 Å². The molecule has 2 heterocycles. The van der Waals surface area contributed by atoms with E-state index in [4.69, 9.17) is 0 Å². The summed E-state index contributed by atoms with van der Waals surface area (Å²) in [7, 11) is 0. The van der Waals surface area contributed by atoms with E-state index in [1.807, 2.05) is 5.38 Å². The number of halogens is 1. The molecule has 128 valence electrons. The number of piperidine rings is 1. The van der Waals surface area contributed by atoms with Gasteiger partial charge in [0, 0.05) is 18.5 Å². The van der Waals surface area contributed by atoms with Crippen LogP contribution in [0.3, 0.4) is 0 Å². The molecule has 1 aliphatic heterocycles. The number of anilines is 1.